The molecule has 2 heterocycles. The van der Waals surface area contributed by atoms with Gasteiger partial charge in [0.25, 0.3) is 5.69 Å². The highest BCUT2D eigenvalue weighted by atomic mass is 79.9. The standard InChI is InChI=1S/C16H16BrN3O5/c17-10-3-4-12(14(8-10)20(23)24)15-13(16(21)22)9-18-19(15)11-2-1-6-25-7-5-11/h3-4,8-9,11H,1-2,5-7H2,(H,21,22). The first kappa shape index (κ1) is 17.6. The third-order valence-corrected chi connectivity index (χ3v) is 4.70. The van der Waals surface area contributed by atoms with Crippen LogP contribution in [0, 0.1) is 10.1 Å². The molecule has 0 spiro atoms. The van der Waals surface area contributed by atoms with E-state index in [1.807, 2.05) is 0 Å². The van der Waals surface area contributed by atoms with E-state index < -0.39 is 10.9 Å². The number of halogens is 1. The summed E-state index contributed by atoms with van der Waals surface area (Å²) in [5.74, 6) is -1.16. The van der Waals surface area contributed by atoms with Gasteiger partial charge in [-0.15, -0.1) is 0 Å². The Bertz CT molecular complexity index is 812. The van der Waals surface area contributed by atoms with Crippen LogP contribution in [0.1, 0.15) is 35.7 Å². The van der Waals surface area contributed by atoms with Crippen LogP contribution >= 0.6 is 15.9 Å². The Hall–Kier alpha value is -2.26. The smallest absolute Gasteiger partial charge is 0.339 e. The highest BCUT2D eigenvalue weighted by Crippen LogP contribution is 2.37. The number of rotatable bonds is 4. The van der Waals surface area contributed by atoms with Crippen molar-refractivity contribution in [3.05, 3.63) is 44.5 Å². The second-order valence-corrected chi connectivity index (χ2v) is 6.69. The van der Waals surface area contributed by atoms with Crippen LogP contribution in [0.4, 0.5) is 5.69 Å². The lowest BCUT2D eigenvalue weighted by Gasteiger charge is -2.18. The first-order valence-corrected chi connectivity index (χ1v) is 8.61. The monoisotopic (exact) mass is 409 g/mol. The van der Waals surface area contributed by atoms with E-state index in [1.165, 1.54) is 12.3 Å². The van der Waals surface area contributed by atoms with Crippen molar-refractivity contribution in [3.8, 4) is 11.3 Å². The number of benzene rings is 1. The first-order chi connectivity index (χ1) is 12.0. The van der Waals surface area contributed by atoms with Gasteiger partial charge in [0.15, 0.2) is 0 Å². The van der Waals surface area contributed by atoms with Gasteiger partial charge in [-0.1, -0.05) is 15.9 Å². The van der Waals surface area contributed by atoms with Gasteiger partial charge >= 0.3 is 5.97 Å². The average Bonchev–Trinajstić information content (AvgIpc) is 2.83. The normalized spacial score (nSPS) is 17.9. The van der Waals surface area contributed by atoms with E-state index in [1.54, 1.807) is 16.8 Å². The number of nitro groups is 1. The number of aromatic nitrogens is 2. The van der Waals surface area contributed by atoms with Crippen molar-refractivity contribution < 1.29 is 19.6 Å². The van der Waals surface area contributed by atoms with Crippen LogP contribution in [0.3, 0.4) is 0 Å². The van der Waals surface area contributed by atoms with Crippen molar-refractivity contribution in [2.24, 2.45) is 0 Å². The predicted molar refractivity (Wildman–Crippen MR) is 92.7 cm³/mol. The van der Waals surface area contributed by atoms with Crippen LogP contribution in [-0.4, -0.2) is 39.0 Å². The minimum atomic E-state index is -1.16. The largest absolute Gasteiger partial charge is 0.478 e. The summed E-state index contributed by atoms with van der Waals surface area (Å²) in [5.41, 5.74) is 0.297. The molecule has 1 aromatic carbocycles. The lowest BCUT2D eigenvalue weighted by Crippen LogP contribution is -2.14. The summed E-state index contributed by atoms with van der Waals surface area (Å²) in [6, 6.07) is 4.51. The number of carbonyl (C=O) groups is 1. The quantitative estimate of drug-likeness (QED) is 0.609. The molecule has 1 unspecified atom stereocenters. The van der Waals surface area contributed by atoms with Crippen LogP contribution < -0.4 is 0 Å². The van der Waals surface area contributed by atoms with Crippen molar-refractivity contribution in [2.75, 3.05) is 13.2 Å². The Morgan fingerprint density at radius 2 is 2.20 bits per heavy atom. The Labute approximate surface area is 151 Å². The molecule has 0 aliphatic carbocycles. The topological polar surface area (TPSA) is 107 Å². The number of hydrogen-bond acceptors (Lipinski definition) is 5. The minimum Gasteiger partial charge on any atom is -0.478 e. The van der Waals surface area contributed by atoms with E-state index in [-0.39, 0.29) is 28.6 Å². The maximum Gasteiger partial charge on any atom is 0.339 e. The molecule has 0 bridgehead atoms. The zero-order valence-corrected chi connectivity index (χ0v) is 14.8. The van der Waals surface area contributed by atoms with Gasteiger partial charge in [0.2, 0.25) is 0 Å². The van der Waals surface area contributed by atoms with Gasteiger partial charge in [0, 0.05) is 23.8 Å². The molecule has 1 aromatic heterocycles. The maximum absolute atomic E-state index is 11.7. The summed E-state index contributed by atoms with van der Waals surface area (Å²) in [7, 11) is 0. The first-order valence-electron chi connectivity index (χ1n) is 7.82. The Balaban J connectivity index is 2.19. The molecular formula is C16H16BrN3O5. The number of aromatic carboxylic acids is 1. The zero-order valence-electron chi connectivity index (χ0n) is 13.2. The molecule has 1 aliphatic rings. The van der Waals surface area contributed by atoms with Gasteiger partial charge in [0.1, 0.15) is 5.56 Å². The lowest BCUT2D eigenvalue weighted by atomic mass is 10.0. The van der Waals surface area contributed by atoms with E-state index in [0.717, 1.165) is 12.8 Å². The molecule has 3 rings (SSSR count). The van der Waals surface area contributed by atoms with E-state index in [4.69, 9.17) is 4.74 Å². The van der Waals surface area contributed by atoms with Crippen LogP contribution in [0.15, 0.2) is 28.9 Å². The van der Waals surface area contributed by atoms with Gasteiger partial charge in [-0.3, -0.25) is 14.8 Å². The fourth-order valence-electron chi connectivity index (χ4n) is 3.05. The molecule has 8 nitrogen and oxygen atoms in total. The molecule has 132 valence electrons. The zero-order chi connectivity index (χ0) is 18.0. The van der Waals surface area contributed by atoms with Crippen molar-refractivity contribution in [1.29, 1.82) is 0 Å². The van der Waals surface area contributed by atoms with Crippen LogP contribution in [-0.2, 0) is 4.74 Å². The molecule has 1 aliphatic heterocycles. The van der Waals surface area contributed by atoms with E-state index in [9.17, 15) is 20.0 Å². The fourth-order valence-corrected chi connectivity index (χ4v) is 3.40. The summed E-state index contributed by atoms with van der Waals surface area (Å²) in [4.78, 5) is 22.6. The van der Waals surface area contributed by atoms with Crippen molar-refractivity contribution in [2.45, 2.75) is 25.3 Å². The second-order valence-electron chi connectivity index (χ2n) is 5.77. The molecule has 1 fully saturated rings. The summed E-state index contributed by atoms with van der Waals surface area (Å²) in [6.45, 7) is 1.20. The molecule has 0 radical (unpaired) electrons. The number of ether oxygens (including phenoxy) is 1. The SMILES string of the molecule is O=C(O)c1cnn(C2CCCOCC2)c1-c1ccc(Br)cc1[N+](=O)[O-]. The fraction of sp³-hybridized carbons (Fsp3) is 0.375. The molecule has 2 aromatic rings. The Morgan fingerprint density at radius 1 is 1.40 bits per heavy atom. The van der Waals surface area contributed by atoms with E-state index in [0.29, 0.717) is 24.1 Å². The lowest BCUT2D eigenvalue weighted by molar-refractivity contribution is -0.384. The van der Waals surface area contributed by atoms with Gasteiger partial charge in [-0.25, -0.2) is 4.79 Å². The van der Waals surface area contributed by atoms with Crippen LogP contribution in [0.5, 0.6) is 0 Å². The Kier molecular flexibility index (Phi) is 5.14. The number of nitro benzene ring substituents is 1. The third kappa shape index (κ3) is 3.57. The average molecular weight is 410 g/mol. The summed E-state index contributed by atoms with van der Waals surface area (Å²) in [6.07, 6.45) is 3.54. The molecule has 9 heteroatoms. The molecule has 1 saturated heterocycles. The molecule has 0 saturated carbocycles. The van der Waals surface area contributed by atoms with Crippen molar-refractivity contribution in [3.63, 3.8) is 0 Å². The van der Waals surface area contributed by atoms with Crippen molar-refractivity contribution >= 4 is 27.6 Å². The number of nitrogens with zero attached hydrogens (tertiary/aromatic N) is 3. The summed E-state index contributed by atoms with van der Waals surface area (Å²) >= 11 is 3.22. The number of carboxylic acid groups (broad SMARTS) is 1. The van der Waals surface area contributed by atoms with Gasteiger partial charge in [-0.2, -0.15) is 5.10 Å². The van der Waals surface area contributed by atoms with Crippen LogP contribution in [0.25, 0.3) is 11.3 Å². The minimum absolute atomic E-state index is 0.0458. The van der Waals surface area contributed by atoms with Crippen LogP contribution in [0.2, 0.25) is 0 Å². The predicted octanol–water partition coefficient (Wildman–Crippen LogP) is 3.66. The molecule has 25 heavy (non-hydrogen) atoms. The highest BCUT2D eigenvalue weighted by Gasteiger charge is 2.28. The molecule has 1 N–H and O–H groups in total. The molecule has 0 amide bonds. The maximum atomic E-state index is 11.7. The van der Waals surface area contributed by atoms with Crippen molar-refractivity contribution in [1.82, 2.24) is 9.78 Å². The summed E-state index contributed by atoms with van der Waals surface area (Å²) < 4.78 is 7.61. The van der Waals surface area contributed by atoms with Gasteiger partial charge < -0.3 is 9.84 Å². The highest BCUT2D eigenvalue weighted by molar-refractivity contribution is 9.10. The number of carboxylic acids is 1. The third-order valence-electron chi connectivity index (χ3n) is 4.20. The number of hydrogen-bond donors (Lipinski definition) is 1. The molecule has 1 atom stereocenters. The molecular weight excluding hydrogens is 394 g/mol. The van der Waals surface area contributed by atoms with Gasteiger partial charge in [0.05, 0.1) is 28.4 Å². The summed E-state index contributed by atoms with van der Waals surface area (Å²) in [5, 5.41) is 25.2. The van der Waals surface area contributed by atoms with E-state index in [2.05, 4.69) is 21.0 Å². The van der Waals surface area contributed by atoms with E-state index >= 15 is 0 Å². The second kappa shape index (κ2) is 7.32. The Morgan fingerprint density at radius 3 is 2.92 bits per heavy atom. The van der Waals surface area contributed by atoms with Gasteiger partial charge in [-0.05, 0) is 31.4 Å².